The highest BCUT2D eigenvalue weighted by Gasteiger charge is 2.37. The lowest BCUT2D eigenvalue weighted by atomic mass is 10.1. The van der Waals surface area contributed by atoms with Gasteiger partial charge in [-0.1, -0.05) is 26.0 Å². The van der Waals surface area contributed by atoms with Crippen LogP contribution in [0.15, 0.2) is 34.3 Å². The van der Waals surface area contributed by atoms with Gasteiger partial charge in [-0.2, -0.15) is 9.41 Å². The van der Waals surface area contributed by atoms with Gasteiger partial charge in [-0.25, -0.2) is 21.8 Å². The van der Waals surface area contributed by atoms with E-state index >= 15 is 0 Å². The molecule has 2 aliphatic heterocycles. The minimum absolute atomic E-state index is 0.0124. The molecule has 12 heteroatoms. The molecule has 10 nitrogen and oxygen atoms in total. The van der Waals surface area contributed by atoms with E-state index in [9.17, 15) is 26.4 Å². The molecule has 0 aliphatic carbocycles. The fraction of sp³-hybridized carbons (Fsp3) is 0.550. The van der Waals surface area contributed by atoms with Gasteiger partial charge in [0.1, 0.15) is 5.71 Å². The molecule has 1 unspecified atom stereocenters. The predicted molar refractivity (Wildman–Crippen MR) is 119 cm³/mol. The summed E-state index contributed by atoms with van der Waals surface area (Å²) in [7, 11) is -6.73. The van der Waals surface area contributed by atoms with E-state index in [1.807, 2.05) is 0 Å². The molecule has 2 amide bonds. The van der Waals surface area contributed by atoms with Crippen molar-refractivity contribution >= 4 is 37.4 Å². The summed E-state index contributed by atoms with van der Waals surface area (Å²) in [4.78, 5) is 24.9. The summed E-state index contributed by atoms with van der Waals surface area (Å²) >= 11 is 0. The lowest BCUT2D eigenvalue weighted by Crippen LogP contribution is -2.43. The Morgan fingerprint density at radius 1 is 1.19 bits per heavy atom. The Morgan fingerprint density at radius 2 is 1.84 bits per heavy atom. The maximum Gasteiger partial charge on any atom is 0.267 e. The molecule has 3 rings (SSSR count). The zero-order valence-corrected chi connectivity index (χ0v) is 19.8. The number of carbonyl (C=O) groups is 2. The van der Waals surface area contributed by atoms with Crippen LogP contribution in [0.2, 0.25) is 0 Å². The second kappa shape index (κ2) is 9.67. The van der Waals surface area contributed by atoms with Gasteiger partial charge in [-0.05, 0) is 24.1 Å². The fourth-order valence-corrected chi connectivity index (χ4v) is 6.91. The first kappa shape index (κ1) is 24.3. The number of hydrazone groups is 1. The van der Waals surface area contributed by atoms with E-state index in [0.29, 0.717) is 25.1 Å². The molecular formula is C20H28N4O6S2. The van der Waals surface area contributed by atoms with Gasteiger partial charge in [0.05, 0.1) is 22.4 Å². The van der Waals surface area contributed by atoms with Gasteiger partial charge >= 0.3 is 0 Å². The van der Waals surface area contributed by atoms with Gasteiger partial charge < -0.3 is 5.32 Å². The standard InChI is InChI=1S/C20H28N4O6S2/c1-3-23(4-2)32(29,30)17-7-5-15(6-8-17)13-21-20(26)18-9-10-19(25)24(22-18)16-11-12-31(27,28)14-16/h5-8,16H,3-4,9-14H2,1-2H3,(H,21,26). The third-order valence-corrected chi connectivity index (χ3v) is 9.41. The van der Waals surface area contributed by atoms with Crippen LogP contribution in [-0.4, -0.2) is 74.3 Å². The Kier molecular flexibility index (Phi) is 7.36. The van der Waals surface area contributed by atoms with Crippen LogP contribution in [0.4, 0.5) is 0 Å². The molecule has 2 aliphatic rings. The van der Waals surface area contributed by atoms with Crippen molar-refractivity contribution in [2.45, 2.75) is 50.6 Å². The summed E-state index contributed by atoms with van der Waals surface area (Å²) in [5.74, 6) is -0.852. The number of sulfone groups is 1. The van der Waals surface area contributed by atoms with E-state index in [1.165, 1.54) is 16.4 Å². The topological polar surface area (TPSA) is 133 Å². The fourth-order valence-electron chi connectivity index (χ4n) is 3.76. The van der Waals surface area contributed by atoms with Crippen molar-refractivity contribution in [3.8, 4) is 0 Å². The van der Waals surface area contributed by atoms with Crippen LogP contribution >= 0.6 is 0 Å². The van der Waals surface area contributed by atoms with Gasteiger partial charge in [-0.3, -0.25) is 9.59 Å². The van der Waals surface area contributed by atoms with E-state index in [1.54, 1.807) is 26.0 Å². The molecule has 32 heavy (non-hydrogen) atoms. The summed E-state index contributed by atoms with van der Waals surface area (Å²) < 4.78 is 49.9. The van der Waals surface area contributed by atoms with Crippen LogP contribution in [0.1, 0.15) is 38.7 Å². The molecule has 1 fully saturated rings. The molecule has 1 aromatic rings. The number of rotatable bonds is 8. The monoisotopic (exact) mass is 484 g/mol. The van der Waals surface area contributed by atoms with E-state index in [2.05, 4.69) is 10.4 Å². The van der Waals surface area contributed by atoms with Crippen LogP contribution in [-0.2, 0) is 36.0 Å². The van der Waals surface area contributed by atoms with Crippen molar-refractivity contribution in [1.29, 1.82) is 0 Å². The molecule has 1 N–H and O–H groups in total. The molecule has 0 saturated carbocycles. The quantitative estimate of drug-likeness (QED) is 0.571. The zero-order chi connectivity index (χ0) is 23.5. The molecule has 176 valence electrons. The maximum atomic E-state index is 12.6. The van der Waals surface area contributed by atoms with E-state index in [-0.39, 0.29) is 47.4 Å². The Balaban J connectivity index is 1.64. The second-order valence-electron chi connectivity index (χ2n) is 7.76. The number of benzene rings is 1. The largest absolute Gasteiger partial charge is 0.347 e. The van der Waals surface area contributed by atoms with E-state index in [0.717, 1.165) is 5.01 Å². The number of carbonyl (C=O) groups excluding carboxylic acids is 2. The van der Waals surface area contributed by atoms with Crippen LogP contribution in [0.5, 0.6) is 0 Å². The Morgan fingerprint density at radius 3 is 2.41 bits per heavy atom. The molecule has 1 saturated heterocycles. The van der Waals surface area contributed by atoms with Gasteiger partial charge in [0, 0.05) is 32.5 Å². The second-order valence-corrected chi connectivity index (χ2v) is 11.9. The molecular weight excluding hydrogens is 456 g/mol. The number of nitrogens with zero attached hydrogens (tertiary/aromatic N) is 3. The summed E-state index contributed by atoms with van der Waals surface area (Å²) in [5.41, 5.74) is 0.887. The maximum absolute atomic E-state index is 12.6. The van der Waals surface area contributed by atoms with Crippen molar-refractivity contribution in [2.24, 2.45) is 5.10 Å². The Hall–Kier alpha value is -2.31. The van der Waals surface area contributed by atoms with Gasteiger partial charge in [0.25, 0.3) is 5.91 Å². The number of hydrogen-bond donors (Lipinski definition) is 1. The average molecular weight is 485 g/mol. The van der Waals surface area contributed by atoms with E-state index < -0.39 is 31.8 Å². The SMILES string of the molecule is CCN(CC)S(=O)(=O)c1ccc(CNC(=O)C2=NN(C3CCS(=O)(=O)C3)C(=O)CC2)cc1. The number of nitrogens with one attached hydrogen (secondary N) is 1. The van der Waals surface area contributed by atoms with E-state index in [4.69, 9.17) is 0 Å². The average Bonchev–Trinajstić information content (AvgIpc) is 3.12. The highest BCUT2D eigenvalue weighted by Crippen LogP contribution is 2.22. The molecule has 1 atom stereocenters. The molecule has 0 bridgehead atoms. The van der Waals surface area contributed by atoms with Crippen molar-refractivity contribution in [3.63, 3.8) is 0 Å². The molecule has 2 heterocycles. The lowest BCUT2D eigenvalue weighted by Gasteiger charge is -2.27. The molecule has 0 radical (unpaired) electrons. The van der Waals surface area contributed by atoms with Crippen LogP contribution in [0.25, 0.3) is 0 Å². The minimum atomic E-state index is -3.55. The molecule has 0 spiro atoms. The number of amides is 2. The van der Waals surface area contributed by atoms with Crippen molar-refractivity contribution in [3.05, 3.63) is 29.8 Å². The molecule has 1 aromatic carbocycles. The predicted octanol–water partition coefficient (Wildman–Crippen LogP) is 0.499. The molecule has 0 aromatic heterocycles. The van der Waals surface area contributed by atoms with Crippen molar-refractivity contribution in [2.75, 3.05) is 24.6 Å². The van der Waals surface area contributed by atoms with Crippen LogP contribution in [0, 0.1) is 0 Å². The Bertz CT molecular complexity index is 1110. The summed E-state index contributed by atoms with van der Waals surface area (Å²) in [6.07, 6.45) is 0.595. The van der Waals surface area contributed by atoms with Crippen molar-refractivity contribution in [1.82, 2.24) is 14.6 Å². The summed E-state index contributed by atoms with van der Waals surface area (Å²) in [6, 6.07) is 5.76. The first-order valence-electron chi connectivity index (χ1n) is 10.5. The summed E-state index contributed by atoms with van der Waals surface area (Å²) in [6.45, 7) is 4.48. The first-order chi connectivity index (χ1) is 15.1. The minimum Gasteiger partial charge on any atom is -0.347 e. The lowest BCUT2D eigenvalue weighted by molar-refractivity contribution is -0.133. The highest BCUT2D eigenvalue weighted by molar-refractivity contribution is 7.91. The van der Waals surface area contributed by atoms with Gasteiger partial charge in [0.2, 0.25) is 15.9 Å². The van der Waals surface area contributed by atoms with Crippen LogP contribution < -0.4 is 5.32 Å². The third-order valence-electron chi connectivity index (χ3n) is 5.60. The zero-order valence-electron chi connectivity index (χ0n) is 18.2. The smallest absolute Gasteiger partial charge is 0.267 e. The normalized spacial score (nSPS) is 21.0. The third kappa shape index (κ3) is 5.36. The Labute approximate surface area is 188 Å². The number of sulfonamides is 1. The number of hydrogen-bond acceptors (Lipinski definition) is 7. The van der Waals surface area contributed by atoms with Crippen molar-refractivity contribution < 1.29 is 26.4 Å². The van der Waals surface area contributed by atoms with Crippen LogP contribution in [0.3, 0.4) is 0 Å². The van der Waals surface area contributed by atoms with Gasteiger partial charge in [-0.15, -0.1) is 0 Å². The highest BCUT2D eigenvalue weighted by atomic mass is 32.2. The summed E-state index contributed by atoms with van der Waals surface area (Å²) in [5, 5.41) is 8.02. The van der Waals surface area contributed by atoms with Gasteiger partial charge in [0.15, 0.2) is 9.84 Å². The first-order valence-corrected chi connectivity index (χ1v) is 13.8.